The first-order valence-electron chi connectivity index (χ1n) is 8.71. The number of aromatic nitrogens is 2. The molecule has 0 saturated heterocycles. The highest BCUT2D eigenvalue weighted by Crippen LogP contribution is 2.15. The van der Waals surface area contributed by atoms with Crippen LogP contribution in [0.5, 0.6) is 0 Å². The highest BCUT2D eigenvalue weighted by molar-refractivity contribution is 6.06. The van der Waals surface area contributed by atoms with E-state index in [0.717, 1.165) is 29.2 Å². The van der Waals surface area contributed by atoms with Crippen LogP contribution in [-0.2, 0) is 6.42 Å². The van der Waals surface area contributed by atoms with E-state index in [2.05, 4.69) is 11.9 Å². The molecule has 2 aromatic carbocycles. The molecular weight excluding hydrogens is 322 g/mol. The SMILES string of the molecule is CCc1nccn1-c1ccc(C(=O)/C=C/c2ccc(N(C)C)cc2)cc1. The lowest BCUT2D eigenvalue weighted by Gasteiger charge is -2.11. The second kappa shape index (κ2) is 7.83. The minimum absolute atomic E-state index is 0.00502. The number of hydrogen-bond donors (Lipinski definition) is 0. The van der Waals surface area contributed by atoms with Crippen LogP contribution in [0.1, 0.15) is 28.7 Å². The highest BCUT2D eigenvalue weighted by Gasteiger charge is 2.05. The van der Waals surface area contributed by atoms with Gasteiger partial charge < -0.3 is 9.47 Å². The summed E-state index contributed by atoms with van der Waals surface area (Å²) >= 11 is 0. The number of benzene rings is 2. The zero-order valence-electron chi connectivity index (χ0n) is 15.4. The molecule has 4 heteroatoms. The molecule has 0 spiro atoms. The molecule has 1 heterocycles. The van der Waals surface area contributed by atoms with Gasteiger partial charge in [0.15, 0.2) is 5.78 Å². The van der Waals surface area contributed by atoms with Gasteiger partial charge >= 0.3 is 0 Å². The average Bonchev–Trinajstić information content (AvgIpc) is 3.15. The maximum Gasteiger partial charge on any atom is 0.185 e. The topological polar surface area (TPSA) is 38.1 Å². The van der Waals surface area contributed by atoms with E-state index in [-0.39, 0.29) is 5.78 Å². The maximum absolute atomic E-state index is 12.4. The Balaban J connectivity index is 1.72. The molecule has 0 aliphatic carbocycles. The molecular formula is C22H23N3O. The molecule has 0 atom stereocenters. The average molecular weight is 345 g/mol. The number of carbonyl (C=O) groups excluding carboxylic acids is 1. The van der Waals surface area contributed by atoms with Crippen molar-refractivity contribution in [1.29, 1.82) is 0 Å². The lowest BCUT2D eigenvalue weighted by molar-refractivity contribution is 0.104. The van der Waals surface area contributed by atoms with Crippen molar-refractivity contribution in [1.82, 2.24) is 9.55 Å². The summed E-state index contributed by atoms with van der Waals surface area (Å²) in [6, 6.07) is 15.7. The van der Waals surface area contributed by atoms with Crippen LogP contribution in [0.15, 0.2) is 67.0 Å². The van der Waals surface area contributed by atoms with Gasteiger partial charge in [0.05, 0.1) is 0 Å². The number of hydrogen-bond acceptors (Lipinski definition) is 3. The highest BCUT2D eigenvalue weighted by atomic mass is 16.1. The lowest BCUT2D eigenvalue weighted by atomic mass is 10.1. The molecule has 0 amide bonds. The molecule has 0 unspecified atom stereocenters. The van der Waals surface area contributed by atoms with Crippen LogP contribution < -0.4 is 4.90 Å². The van der Waals surface area contributed by atoms with Crippen LogP contribution >= 0.6 is 0 Å². The summed E-state index contributed by atoms with van der Waals surface area (Å²) in [6.07, 6.45) is 8.06. The Morgan fingerprint density at radius 3 is 2.38 bits per heavy atom. The van der Waals surface area contributed by atoms with E-state index in [1.165, 1.54) is 0 Å². The van der Waals surface area contributed by atoms with E-state index in [9.17, 15) is 4.79 Å². The smallest absolute Gasteiger partial charge is 0.185 e. The van der Waals surface area contributed by atoms with Gasteiger partial charge in [-0.2, -0.15) is 0 Å². The number of allylic oxidation sites excluding steroid dienone is 1. The Hall–Kier alpha value is -3.14. The number of anilines is 1. The van der Waals surface area contributed by atoms with Gasteiger partial charge in [-0.3, -0.25) is 4.79 Å². The van der Waals surface area contributed by atoms with Crippen molar-refractivity contribution in [2.45, 2.75) is 13.3 Å². The van der Waals surface area contributed by atoms with Gasteiger partial charge in [0.1, 0.15) is 5.82 Å². The van der Waals surface area contributed by atoms with Crippen molar-refractivity contribution in [3.05, 3.63) is 84.0 Å². The molecule has 0 aliphatic heterocycles. The van der Waals surface area contributed by atoms with E-state index in [4.69, 9.17) is 0 Å². The summed E-state index contributed by atoms with van der Waals surface area (Å²) in [7, 11) is 4.01. The largest absolute Gasteiger partial charge is 0.378 e. The summed E-state index contributed by atoms with van der Waals surface area (Å²) in [5, 5.41) is 0. The Bertz CT molecular complexity index is 903. The molecule has 0 N–H and O–H groups in total. The second-order valence-electron chi connectivity index (χ2n) is 6.30. The third-order valence-corrected chi connectivity index (χ3v) is 4.30. The molecule has 132 valence electrons. The van der Waals surface area contributed by atoms with Crippen molar-refractivity contribution >= 4 is 17.5 Å². The lowest BCUT2D eigenvalue weighted by Crippen LogP contribution is -2.07. The predicted octanol–water partition coefficient (Wildman–Crippen LogP) is 4.40. The van der Waals surface area contributed by atoms with Gasteiger partial charge in [-0.15, -0.1) is 0 Å². The maximum atomic E-state index is 12.4. The first-order chi connectivity index (χ1) is 12.6. The van der Waals surface area contributed by atoms with Gasteiger partial charge in [0.25, 0.3) is 0 Å². The molecule has 0 aliphatic rings. The van der Waals surface area contributed by atoms with Gasteiger partial charge in [0.2, 0.25) is 0 Å². The van der Waals surface area contributed by atoms with Crippen LogP contribution in [0.4, 0.5) is 5.69 Å². The summed E-state index contributed by atoms with van der Waals surface area (Å²) < 4.78 is 2.04. The van der Waals surface area contributed by atoms with E-state index in [1.807, 2.05) is 84.4 Å². The summed E-state index contributed by atoms with van der Waals surface area (Å²) in [6.45, 7) is 2.08. The van der Waals surface area contributed by atoms with Crippen LogP contribution in [0, 0.1) is 0 Å². The molecule has 4 nitrogen and oxygen atoms in total. The van der Waals surface area contributed by atoms with Crippen LogP contribution in [0.25, 0.3) is 11.8 Å². The number of imidazole rings is 1. The minimum atomic E-state index is -0.00502. The third kappa shape index (κ3) is 3.91. The second-order valence-corrected chi connectivity index (χ2v) is 6.30. The number of carbonyl (C=O) groups is 1. The molecule has 3 rings (SSSR count). The summed E-state index contributed by atoms with van der Waals surface area (Å²) in [4.78, 5) is 18.8. The zero-order chi connectivity index (χ0) is 18.5. The third-order valence-electron chi connectivity index (χ3n) is 4.30. The van der Waals surface area contributed by atoms with Crippen LogP contribution in [0.3, 0.4) is 0 Å². The number of rotatable bonds is 6. The van der Waals surface area contributed by atoms with Crippen molar-refractivity contribution in [2.24, 2.45) is 0 Å². The van der Waals surface area contributed by atoms with Gasteiger partial charge in [-0.25, -0.2) is 4.98 Å². The monoisotopic (exact) mass is 345 g/mol. The molecule has 26 heavy (non-hydrogen) atoms. The molecule has 1 aromatic heterocycles. The van der Waals surface area contributed by atoms with Gasteiger partial charge in [0, 0.05) is 49.8 Å². The molecule has 3 aromatic rings. The number of aryl methyl sites for hydroxylation is 1. The fourth-order valence-electron chi connectivity index (χ4n) is 2.77. The van der Waals surface area contributed by atoms with E-state index >= 15 is 0 Å². The van der Waals surface area contributed by atoms with Crippen LogP contribution in [-0.4, -0.2) is 29.4 Å². The summed E-state index contributed by atoms with van der Waals surface area (Å²) in [5.41, 5.74) is 3.83. The first kappa shape index (κ1) is 17.7. The van der Waals surface area contributed by atoms with Gasteiger partial charge in [-0.1, -0.05) is 25.1 Å². The standard InChI is InChI=1S/C22H23N3O/c1-4-22-23-15-16-25(22)20-12-8-18(9-13-20)21(26)14-7-17-5-10-19(11-6-17)24(2)3/h5-16H,4H2,1-3H3/b14-7+. The summed E-state index contributed by atoms with van der Waals surface area (Å²) in [5.74, 6) is 1.000. The molecule has 0 saturated carbocycles. The fraction of sp³-hybridized carbons (Fsp3) is 0.182. The Labute approximate surface area is 154 Å². The van der Waals surface area contributed by atoms with E-state index < -0.39 is 0 Å². The van der Waals surface area contributed by atoms with Crippen molar-refractivity contribution < 1.29 is 4.79 Å². The predicted molar refractivity (Wildman–Crippen MR) is 107 cm³/mol. The Morgan fingerprint density at radius 1 is 1.08 bits per heavy atom. The minimum Gasteiger partial charge on any atom is -0.378 e. The van der Waals surface area contributed by atoms with Crippen molar-refractivity contribution in [2.75, 3.05) is 19.0 Å². The van der Waals surface area contributed by atoms with Crippen LogP contribution in [0.2, 0.25) is 0 Å². The van der Waals surface area contributed by atoms with Crippen molar-refractivity contribution in [3.63, 3.8) is 0 Å². The Kier molecular flexibility index (Phi) is 5.32. The number of ketones is 1. The van der Waals surface area contributed by atoms with E-state index in [0.29, 0.717) is 5.56 Å². The molecule has 0 radical (unpaired) electrons. The van der Waals surface area contributed by atoms with E-state index in [1.54, 1.807) is 12.3 Å². The van der Waals surface area contributed by atoms with Crippen molar-refractivity contribution in [3.8, 4) is 5.69 Å². The normalized spacial score (nSPS) is 11.0. The quantitative estimate of drug-likeness (QED) is 0.491. The molecule has 0 fully saturated rings. The molecule has 0 bridgehead atoms. The first-order valence-corrected chi connectivity index (χ1v) is 8.71. The zero-order valence-corrected chi connectivity index (χ0v) is 15.4. The number of nitrogens with zero attached hydrogens (tertiary/aromatic N) is 3. The Morgan fingerprint density at radius 2 is 1.77 bits per heavy atom. The fourth-order valence-corrected chi connectivity index (χ4v) is 2.77. The van der Waals surface area contributed by atoms with Gasteiger partial charge in [-0.05, 0) is 48.0 Å².